The van der Waals surface area contributed by atoms with Crippen LogP contribution in [0.1, 0.15) is 22.3 Å². The lowest BCUT2D eigenvalue weighted by molar-refractivity contribution is 0.802. The maximum Gasteiger partial charge on any atom is 0.0732 e. The van der Waals surface area contributed by atoms with E-state index in [0.717, 1.165) is 56.4 Å². The van der Waals surface area contributed by atoms with Gasteiger partial charge in [0.05, 0.1) is 22.5 Å². The van der Waals surface area contributed by atoms with Crippen LogP contribution in [0, 0.1) is 0 Å². The van der Waals surface area contributed by atoms with Gasteiger partial charge < -0.3 is 9.80 Å². The molecule has 17 rings (SSSR count). The minimum Gasteiger partial charge on any atom is -0.310 e. The van der Waals surface area contributed by atoms with Crippen LogP contribution in [0.5, 0.6) is 0 Å². The third-order valence-electron chi connectivity index (χ3n) is 18.4. The molecule has 15 aromatic rings. The first-order valence-corrected chi connectivity index (χ1v) is 30.2. The highest BCUT2D eigenvalue weighted by atomic mass is 15.2. The van der Waals surface area contributed by atoms with Crippen LogP contribution in [0.25, 0.3) is 99.1 Å². The number of hydrogen-bond acceptors (Lipinski definition) is 2. The van der Waals surface area contributed by atoms with Crippen LogP contribution in [0.3, 0.4) is 0 Å². The van der Waals surface area contributed by atoms with Gasteiger partial charge in [-0.1, -0.05) is 273 Å². The zero-order valence-corrected chi connectivity index (χ0v) is 47.7. The molecular weight excluding hydrogens is 1050 g/mol. The molecule has 0 aliphatic heterocycles. The maximum absolute atomic E-state index is 2.60. The standard InChI is InChI=1S/C85H56N2/c1-7-27-57(28-8-1)61-47-51-79(73(53-61)59-31-11-3-12-32-59)86(63-35-15-5-16-36-63)65-49-50-72-75(55-65)66-39-19-21-43-70(66)83-82-71-44-22-20-42-69(71)81(56-78(82)85(84(72)83)76-45-25-23-40-67(76)68-41-24-26-46-77(68)85)87(64-37-17-6-18-38-64)80-52-48-62(58-29-9-2-10-30-58)54-74(80)60-33-13-4-14-34-60/h1-56H. The molecule has 2 nitrogen and oxygen atoms in total. The summed E-state index contributed by atoms with van der Waals surface area (Å²) in [6, 6.07) is 126. The van der Waals surface area contributed by atoms with E-state index in [-0.39, 0.29) is 0 Å². The Balaban J connectivity index is 0.970. The Hall–Kier alpha value is -11.3. The molecule has 2 heteroatoms. The molecule has 0 saturated heterocycles. The predicted molar refractivity (Wildman–Crippen MR) is 366 cm³/mol. The minimum atomic E-state index is -0.727. The van der Waals surface area contributed by atoms with Crippen molar-refractivity contribution in [2.75, 3.05) is 9.80 Å². The lowest BCUT2D eigenvalue weighted by atomic mass is 9.69. The van der Waals surface area contributed by atoms with Gasteiger partial charge in [-0.2, -0.15) is 0 Å². The first-order valence-electron chi connectivity index (χ1n) is 30.2. The van der Waals surface area contributed by atoms with Crippen molar-refractivity contribution in [1.82, 2.24) is 0 Å². The normalized spacial score (nSPS) is 12.5. The zero-order chi connectivity index (χ0) is 57.4. The molecule has 0 saturated carbocycles. The molecule has 0 fully saturated rings. The van der Waals surface area contributed by atoms with E-state index in [1.54, 1.807) is 0 Å². The molecule has 2 aliphatic rings. The molecule has 0 N–H and O–H groups in total. The zero-order valence-electron chi connectivity index (χ0n) is 47.7. The van der Waals surface area contributed by atoms with Crippen molar-refractivity contribution >= 4 is 66.4 Å². The fourth-order valence-electron chi connectivity index (χ4n) is 14.8. The second kappa shape index (κ2) is 20.5. The summed E-state index contributed by atoms with van der Waals surface area (Å²) in [5.74, 6) is 0. The molecule has 0 aromatic heterocycles. The van der Waals surface area contributed by atoms with Gasteiger partial charge in [0, 0.05) is 33.6 Å². The summed E-state index contributed by atoms with van der Waals surface area (Å²) in [4.78, 5) is 5.01. The number of rotatable bonds is 10. The number of fused-ring (bicyclic) bond motifs is 17. The van der Waals surface area contributed by atoms with Crippen LogP contribution in [0.2, 0.25) is 0 Å². The molecule has 0 radical (unpaired) electrons. The minimum absolute atomic E-state index is 0.727. The van der Waals surface area contributed by atoms with Crippen molar-refractivity contribution in [3.63, 3.8) is 0 Å². The van der Waals surface area contributed by atoms with Crippen LogP contribution in [0.15, 0.2) is 340 Å². The number of nitrogens with zero attached hydrogens (tertiary/aromatic N) is 2. The smallest absolute Gasteiger partial charge is 0.0732 e. The third-order valence-corrected chi connectivity index (χ3v) is 18.4. The Bertz CT molecular complexity index is 5090. The van der Waals surface area contributed by atoms with Crippen LogP contribution < -0.4 is 9.80 Å². The topological polar surface area (TPSA) is 6.48 Å². The van der Waals surface area contributed by atoms with Gasteiger partial charge in [-0.3, -0.25) is 0 Å². The van der Waals surface area contributed by atoms with Crippen molar-refractivity contribution in [2.24, 2.45) is 0 Å². The lowest BCUT2D eigenvalue weighted by Crippen LogP contribution is -2.26. The van der Waals surface area contributed by atoms with E-state index in [1.165, 1.54) is 99.1 Å². The number of para-hydroxylation sites is 2. The molecule has 15 aromatic carbocycles. The molecule has 0 unspecified atom stereocenters. The summed E-state index contributed by atoms with van der Waals surface area (Å²) >= 11 is 0. The number of hydrogen-bond donors (Lipinski definition) is 0. The van der Waals surface area contributed by atoms with Crippen molar-refractivity contribution in [3.8, 4) is 66.8 Å². The van der Waals surface area contributed by atoms with Crippen molar-refractivity contribution in [3.05, 3.63) is 362 Å². The third kappa shape index (κ3) is 7.88. The second-order valence-electron chi connectivity index (χ2n) is 23.0. The summed E-state index contributed by atoms with van der Waals surface area (Å²) in [7, 11) is 0. The van der Waals surface area contributed by atoms with Gasteiger partial charge >= 0.3 is 0 Å². The number of anilines is 6. The van der Waals surface area contributed by atoms with Crippen molar-refractivity contribution in [2.45, 2.75) is 5.41 Å². The molecule has 0 amide bonds. The van der Waals surface area contributed by atoms with E-state index in [0.29, 0.717) is 0 Å². The molecular formula is C85H56N2. The molecule has 0 heterocycles. The SMILES string of the molecule is c1ccc(-c2ccc(N(c3ccccc3)c3ccc4c5c(c6ccccc6c4c3)-c3c(cc(N(c4ccccc4)c4ccc(-c6ccccc6)cc4-c4ccccc4)c4ccccc34)C53c4ccccc4-c4ccccc43)c(-c3ccccc3)c2)cc1. The fourth-order valence-corrected chi connectivity index (χ4v) is 14.8. The first kappa shape index (κ1) is 50.2. The molecule has 0 bridgehead atoms. The van der Waals surface area contributed by atoms with Gasteiger partial charge in [-0.25, -0.2) is 0 Å². The molecule has 2 aliphatic carbocycles. The van der Waals surface area contributed by atoms with E-state index in [4.69, 9.17) is 0 Å². The van der Waals surface area contributed by atoms with Crippen LogP contribution in [0.4, 0.5) is 34.1 Å². The first-order chi connectivity index (χ1) is 43.2. The van der Waals surface area contributed by atoms with E-state index in [2.05, 4.69) is 350 Å². The summed E-state index contributed by atoms with van der Waals surface area (Å²) in [6.45, 7) is 0. The summed E-state index contributed by atoms with van der Waals surface area (Å²) in [5.41, 5.74) is 25.5. The van der Waals surface area contributed by atoms with Crippen molar-refractivity contribution in [1.29, 1.82) is 0 Å². The van der Waals surface area contributed by atoms with Gasteiger partial charge in [-0.05, 0) is 172 Å². The van der Waals surface area contributed by atoms with E-state index in [9.17, 15) is 0 Å². The summed E-state index contributed by atoms with van der Waals surface area (Å²) < 4.78 is 0. The Labute approximate surface area is 507 Å². The molecule has 406 valence electrons. The quantitative estimate of drug-likeness (QED) is 0.126. The molecule has 1 spiro atoms. The van der Waals surface area contributed by atoms with Gasteiger partial charge in [0.2, 0.25) is 0 Å². The Morgan fingerprint density at radius 1 is 0.195 bits per heavy atom. The molecule has 87 heavy (non-hydrogen) atoms. The van der Waals surface area contributed by atoms with E-state index in [1.807, 2.05) is 0 Å². The largest absolute Gasteiger partial charge is 0.310 e. The maximum atomic E-state index is 2.60. The van der Waals surface area contributed by atoms with E-state index < -0.39 is 5.41 Å². The Kier molecular flexibility index (Phi) is 11.8. The van der Waals surface area contributed by atoms with Gasteiger partial charge in [0.1, 0.15) is 0 Å². The van der Waals surface area contributed by atoms with Gasteiger partial charge in [-0.15, -0.1) is 0 Å². The van der Waals surface area contributed by atoms with Crippen molar-refractivity contribution < 1.29 is 0 Å². The van der Waals surface area contributed by atoms with Crippen LogP contribution in [-0.4, -0.2) is 0 Å². The highest BCUT2D eigenvalue weighted by Crippen LogP contribution is 2.68. The average Bonchev–Trinajstić information content (AvgIpc) is 1.50. The van der Waals surface area contributed by atoms with Gasteiger partial charge in [0.15, 0.2) is 0 Å². The lowest BCUT2D eigenvalue weighted by Gasteiger charge is -2.34. The molecule has 0 atom stereocenters. The van der Waals surface area contributed by atoms with Crippen LogP contribution >= 0.6 is 0 Å². The van der Waals surface area contributed by atoms with E-state index >= 15 is 0 Å². The summed E-state index contributed by atoms with van der Waals surface area (Å²) in [5, 5.41) is 7.30. The predicted octanol–water partition coefficient (Wildman–Crippen LogP) is 23.1. The Morgan fingerprint density at radius 3 is 1.14 bits per heavy atom. The average molecular weight is 1110 g/mol. The monoisotopic (exact) mass is 1100 g/mol. The fraction of sp³-hybridized carbons (Fsp3) is 0.0118. The highest BCUT2D eigenvalue weighted by Gasteiger charge is 2.54. The summed E-state index contributed by atoms with van der Waals surface area (Å²) in [6.07, 6.45) is 0. The van der Waals surface area contributed by atoms with Gasteiger partial charge in [0.25, 0.3) is 0 Å². The van der Waals surface area contributed by atoms with Crippen LogP contribution in [-0.2, 0) is 5.41 Å². The second-order valence-corrected chi connectivity index (χ2v) is 23.0. The number of benzene rings is 15. The Morgan fingerprint density at radius 2 is 0.609 bits per heavy atom. The highest BCUT2D eigenvalue weighted by molar-refractivity contribution is 6.25.